The van der Waals surface area contributed by atoms with Gasteiger partial charge in [-0.25, -0.2) is 4.98 Å². The first-order chi connectivity index (χ1) is 16.7. The van der Waals surface area contributed by atoms with Crippen molar-refractivity contribution >= 4 is 33.1 Å². The molecule has 2 aromatic carbocycles. The largest absolute Gasteiger partial charge is 0.491 e. The van der Waals surface area contributed by atoms with Crippen molar-refractivity contribution in [2.24, 2.45) is 0 Å². The van der Waals surface area contributed by atoms with Gasteiger partial charge in [-0.2, -0.15) is 0 Å². The van der Waals surface area contributed by atoms with E-state index in [-0.39, 0.29) is 24.6 Å². The first kappa shape index (κ1) is 25.6. The Morgan fingerprint density at radius 2 is 1.86 bits per heavy atom. The van der Waals surface area contributed by atoms with Crippen molar-refractivity contribution in [2.75, 3.05) is 38.1 Å². The van der Waals surface area contributed by atoms with Gasteiger partial charge in [-0.05, 0) is 57.9 Å². The molecule has 1 aliphatic heterocycles. The zero-order valence-electron chi connectivity index (χ0n) is 21.2. The number of ether oxygens (including phenoxy) is 1. The minimum Gasteiger partial charge on any atom is -0.491 e. The van der Waals surface area contributed by atoms with Gasteiger partial charge < -0.3 is 15.2 Å². The molecule has 7 nitrogen and oxygen atoms in total. The number of fused-ring (bicyclic) bond motifs is 1. The molecule has 0 spiro atoms. The van der Waals surface area contributed by atoms with Gasteiger partial charge in [-0.1, -0.05) is 18.2 Å². The number of nitrogens with zero attached hydrogens (tertiary/aromatic N) is 3. The fourth-order valence-electron chi connectivity index (χ4n) is 4.95. The van der Waals surface area contributed by atoms with Crippen LogP contribution in [0.2, 0.25) is 0 Å². The van der Waals surface area contributed by atoms with E-state index < -0.39 is 6.10 Å². The highest BCUT2D eigenvalue weighted by molar-refractivity contribution is 7.18. The molecule has 3 atom stereocenters. The number of para-hydroxylation sites is 1. The van der Waals surface area contributed by atoms with Crippen molar-refractivity contribution in [3.63, 3.8) is 0 Å². The van der Waals surface area contributed by atoms with E-state index in [1.807, 2.05) is 57.2 Å². The van der Waals surface area contributed by atoms with Crippen LogP contribution in [0.3, 0.4) is 0 Å². The number of benzene rings is 2. The minimum atomic E-state index is -0.605. The number of carbonyl (C=O) groups excluding carboxylic acids is 1. The van der Waals surface area contributed by atoms with Gasteiger partial charge in [0.25, 0.3) is 0 Å². The lowest BCUT2D eigenvalue weighted by Crippen LogP contribution is -2.59. The predicted molar refractivity (Wildman–Crippen MR) is 142 cm³/mol. The quantitative estimate of drug-likeness (QED) is 0.491. The van der Waals surface area contributed by atoms with Crippen LogP contribution in [0.5, 0.6) is 5.75 Å². The van der Waals surface area contributed by atoms with Crippen LogP contribution < -0.4 is 10.1 Å². The van der Waals surface area contributed by atoms with Crippen molar-refractivity contribution in [3.05, 3.63) is 52.5 Å². The van der Waals surface area contributed by atoms with Gasteiger partial charge in [0.1, 0.15) is 18.5 Å². The van der Waals surface area contributed by atoms with Crippen LogP contribution in [0.4, 0.5) is 5.69 Å². The van der Waals surface area contributed by atoms with Crippen molar-refractivity contribution < 1.29 is 14.6 Å². The Labute approximate surface area is 211 Å². The molecular formula is C27H36N4O3S. The molecule has 3 aromatic rings. The number of nitrogens with one attached hydrogen (secondary N) is 1. The number of aromatic nitrogens is 1. The van der Waals surface area contributed by atoms with E-state index in [0.717, 1.165) is 50.9 Å². The zero-order valence-corrected chi connectivity index (χ0v) is 22.1. The third-order valence-electron chi connectivity index (χ3n) is 6.62. The summed E-state index contributed by atoms with van der Waals surface area (Å²) in [6.45, 7) is 13.0. The van der Waals surface area contributed by atoms with Gasteiger partial charge >= 0.3 is 0 Å². The Morgan fingerprint density at radius 1 is 1.17 bits per heavy atom. The number of β-amino-alcohol motifs (C(OH)–C–C–N with tert-alkyl or cyclic N) is 1. The highest BCUT2D eigenvalue weighted by Crippen LogP contribution is 2.26. The molecule has 188 valence electrons. The monoisotopic (exact) mass is 496 g/mol. The molecule has 1 aliphatic rings. The summed E-state index contributed by atoms with van der Waals surface area (Å²) in [4.78, 5) is 21.7. The molecule has 8 heteroatoms. The smallest absolute Gasteiger partial charge is 0.238 e. The number of amides is 1. The van der Waals surface area contributed by atoms with E-state index in [9.17, 15) is 9.90 Å². The highest BCUT2D eigenvalue weighted by atomic mass is 32.1. The Morgan fingerprint density at radius 3 is 2.54 bits per heavy atom. The Kier molecular flexibility index (Phi) is 8.06. The van der Waals surface area contributed by atoms with Gasteiger partial charge in [0.05, 0.1) is 21.8 Å². The molecule has 1 aromatic heterocycles. The van der Waals surface area contributed by atoms with Gasteiger partial charge in [0.15, 0.2) is 0 Å². The van der Waals surface area contributed by atoms with Crippen molar-refractivity contribution in [2.45, 2.75) is 52.8 Å². The number of piperazine rings is 1. The maximum atomic E-state index is 12.7. The minimum absolute atomic E-state index is 0.0101. The van der Waals surface area contributed by atoms with E-state index in [1.54, 1.807) is 11.3 Å². The molecule has 1 amide bonds. The van der Waals surface area contributed by atoms with Crippen LogP contribution in [0, 0.1) is 20.8 Å². The first-order valence-corrected chi connectivity index (χ1v) is 13.0. The summed E-state index contributed by atoms with van der Waals surface area (Å²) in [6.07, 6.45) is -0.605. The van der Waals surface area contributed by atoms with Crippen LogP contribution in [0.25, 0.3) is 10.2 Å². The Balaban J connectivity index is 1.26. The number of aliphatic hydroxyl groups is 1. The lowest BCUT2D eigenvalue weighted by atomic mass is 10.1. The van der Waals surface area contributed by atoms with Gasteiger partial charge in [-0.3, -0.25) is 14.6 Å². The third-order valence-corrected chi connectivity index (χ3v) is 7.57. The summed E-state index contributed by atoms with van der Waals surface area (Å²) in [5.41, 5.74) is 3.98. The molecule has 0 radical (unpaired) electrons. The van der Waals surface area contributed by atoms with Crippen LogP contribution in [0.15, 0.2) is 36.4 Å². The van der Waals surface area contributed by atoms with Gasteiger partial charge in [0, 0.05) is 43.5 Å². The molecule has 2 N–H and O–H groups in total. The zero-order chi connectivity index (χ0) is 25.1. The SMILES string of the molecule is Cc1nc2cc(OCC(O)CN3[C@H](C)CN(CC(=O)Nc4c(C)cccc4C)C[C@@H]3C)ccc2s1. The molecule has 0 bridgehead atoms. The average molecular weight is 497 g/mol. The summed E-state index contributed by atoms with van der Waals surface area (Å²) < 4.78 is 7.01. The number of rotatable bonds is 8. The molecule has 2 heterocycles. The number of aryl methyl sites for hydroxylation is 3. The number of anilines is 1. The third kappa shape index (κ3) is 6.38. The van der Waals surface area contributed by atoms with Crippen LogP contribution >= 0.6 is 11.3 Å². The topological polar surface area (TPSA) is 77.9 Å². The van der Waals surface area contributed by atoms with Crippen LogP contribution in [-0.4, -0.2) is 76.8 Å². The summed E-state index contributed by atoms with van der Waals surface area (Å²) >= 11 is 1.66. The molecule has 35 heavy (non-hydrogen) atoms. The average Bonchev–Trinajstić information content (AvgIpc) is 3.16. The van der Waals surface area contributed by atoms with Crippen molar-refractivity contribution in [1.29, 1.82) is 0 Å². The number of hydrogen-bond acceptors (Lipinski definition) is 7. The van der Waals surface area contributed by atoms with E-state index in [2.05, 4.69) is 33.9 Å². The molecule has 0 saturated carbocycles. The maximum Gasteiger partial charge on any atom is 0.238 e. The summed E-state index contributed by atoms with van der Waals surface area (Å²) in [5.74, 6) is 0.735. The van der Waals surface area contributed by atoms with Crippen molar-refractivity contribution in [1.82, 2.24) is 14.8 Å². The maximum absolute atomic E-state index is 12.7. The van der Waals surface area contributed by atoms with Crippen LogP contribution in [0.1, 0.15) is 30.0 Å². The second-order valence-electron chi connectivity index (χ2n) is 9.73. The van der Waals surface area contributed by atoms with Crippen molar-refractivity contribution in [3.8, 4) is 5.75 Å². The standard InChI is InChI=1S/C27H36N4O3S/c1-17-7-6-8-18(2)27(17)29-26(33)15-30-12-19(3)31(20(4)13-30)14-22(32)16-34-23-9-10-25-24(11-23)28-21(5)35-25/h6-11,19-20,22,32H,12-16H2,1-5H3,(H,29,33)/t19-,20+,22?. The first-order valence-electron chi connectivity index (χ1n) is 12.2. The number of hydrogen-bond donors (Lipinski definition) is 2. The second-order valence-corrected chi connectivity index (χ2v) is 11.0. The number of thiazole rings is 1. The van der Waals surface area contributed by atoms with E-state index in [0.29, 0.717) is 13.1 Å². The molecule has 0 aliphatic carbocycles. The lowest BCUT2D eigenvalue weighted by Gasteiger charge is -2.45. The highest BCUT2D eigenvalue weighted by Gasteiger charge is 2.31. The lowest BCUT2D eigenvalue weighted by molar-refractivity contribution is -0.118. The van der Waals surface area contributed by atoms with Crippen LogP contribution in [-0.2, 0) is 4.79 Å². The predicted octanol–water partition coefficient (Wildman–Crippen LogP) is 3.99. The molecule has 1 saturated heterocycles. The number of aliphatic hydroxyl groups excluding tert-OH is 1. The second kappa shape index (κ2) is 11.0. The molecular weight excluding hydrogens is 460 g/mol. The fraction of sp³-hybridized carbons (Fsp3) is 0.481. The van der Waals surface area contributed by atoms with E-state index >= 15 is 0 Å². The summed E-state index contributed by atoms with van der Waals surface area (Å²) in [6, 6.07) is 12.3. The molecule has 1 fully saturated rings. The van der Waals surface area contributed by atoms with E-state index in [4.69, 9.17) is 4.74 Å². The molecule has 1 unspecified atom stereocenters. The molecule has 4 rings (SSSR count). The van der Waals surface area contributed by atoms with E-state index in [1.165, 1.54) is 0 Å². The normalized spacial score (nSPS) is 20.2. The van der Waals surface area contributed by atoms with Gasteiger partial charge in [0.2, 0.25) is 5.91 Å². The Hall–Kier alpha value is -2.52. The fourth-order valence-corrected chi connectivity index (χ4v) is 5.76. The number of carbonyl (C=O) groups is 1. The van der Waals surface area contributed by atoms with Gasteiger partial charge in [-0.15, -0.1) is 11.3 Å². The Bertz CT molecular complexity index is 1150. The summed E-state index contributed by atoms with van der Waals surface area (Å²) in [5, 5.41) is 14.8. The summed E-state index contributed by atoms with van der Waals surface area (Å²) in [7, 11) is 0.